The van der Waals surface area contributed by atoms with Crippen LogP contribution in [0.4, 0.5) is 14.9 Å². The zero-order valence-electron chi connectivity index (χ0n) is 11.1. The first-order valence-corrected chi connectivity index (χ1v) is 7.90. The van der Waals surface area contributed by atoms with E-state index in [1.165, 1.54) is 0 Å². The molecule has 6 nitrogen and oxygen atoms in total. The number of urea groups is 1. The lowest BCUT2D eigenvalue weighted by atomic mass is 10.1. The Morgan fingerprint density at radius 2 is 1.95 bits per heavy atom. The van der Waals surface area contributed by atoms with Crippen molar-refractivity contribution in [2.45, 2.75) is 18.9 Å². The fourth-order valence-corrected chi connectivity index (χ4v) is 3.33. The Kier molecular flexibility index (Phi) is 4.89. The Balaban J connectivity index is 1.97. The van der Waals surface area contributed by atoms with Crippen LogP contribution in [0.15, 0.2) is 18.2 Å². The number of carboxylic acids is 1. The molecule has 1 saturated heterocycles. The molecule has 0 radical (unpaired) electrons. The van der Waals surface area contributed by atoms with E-state index in [2.05, 4.69) is 10.6 Å². The molecular formula is C13H15FN2O4S. The van der Waals surface area contributed by atoms with Crippen molar-refractivity contribution < 1.29 is 23.3 Å². The first-order valence-electron chi connectivity index (χ1n) is 6.41. The number of carbonyl (C=O) groups excluding carboxylic acids is 1. The highest BCUT2D eigenvalue weighted by Gasteiger charge is 2.20. The number of nitrogens with one attached hydrogen (secondary N) is 2. The summed E-state index contributed by atoms with van der Waals surface area (Å²) in [5, 5.41) is 13.8. The van der Waals surface area contributed by atoms with Gasteiger partial charge in [0.05, 0.1) is 11.3 Å². The van der Waals surface area contributed by atoms with E-state index >= 15 is 0 Å². The standard InChI is InChI=1S/C13H15FN2O4S/c14-10-2-1-8(12(17)18)7-11(10)16-13(19)15-9-3-5-21(20)6-4-9/h1-2,7,9H,3-6H2,(H,17,18)(H2,15,16,19). The van der Waals surface area contributed by atoms with E-state index < -0.39 is 28.6 Å². The van der Waals surface area contributed by atoms with Gasteiger partial charge in [-0.25, -0.2) is 14.0 Å². The molecular weight excluding hydrogens is 299 g/mol. The van der Waals surface area contributed by atoms with Crippen LogP contribution in [0, 0.1) is 5.82 Å². The molecule has 1 aromatic rings. The summed E-state index contributed by atoms with van der Waals surface area (Å²) >= 11 is 0. The van der Waals surface area contributed by atoms with E-state index in [0.717, 1.165) is 18.2 Å². The monoisotopic (exact) mass is 314 g/mol. The lowest BCUT2D eigenvalue weighted by Crippen LogP contribution is -2.41. The van der Waals surface area contributed by atoms with Gasteiger partial charge in [-0.2, -0.15) is 0 Å². The van der Waals surface area contributed by atoms with Crippen molar-refractivity contribution in [3.8, 4) is 0 Å². The van der Waals surface area contributed by atoms with Crippen molar-refractivity contribution in [3.63, 3.8) is 0 Å². The maximum Gasteiger partial charge on any atom is 0.335 e. The van der Waals surface area contributed by atoms with Crippen molar-refractivity contribution >= 4 is 28.5 Å². The first-order chi connectivity index (χ1) is 9.95. The van der Waals surface area contributed by atoms with Gasteiger partial charge in [-0.1, -0.05) is 0 Å². The quantitative estimate of drug-likeness (QED) is 0.789. The molecule has 8 heteroatoms. The molecule has 1 aliphatic heterocycles. The molecule has 2 amide bonds. The molecule has 1 aromatic carbocycles. The minimum Gasteiger partial charge on any atom is -0.478 e. The highest BCUT2D eigenvalue weighted by atomic mass is 32.2. The minimum atomic E-state index is -1.20. The number of hydrogen-bond donors (Lipinski definition) is 3. The van der Waals surface area contributed by atoms with Crippen LogP contribution in [-0.4, -0.2) is 38.9 Å². The average Bonchev–Trinajstić information content (AvgIpc) is 2.43. The smallest absolute Gasteiger partial charge is 0.335 e. The highest BCUT2D eigenvalue weighted by molar-refractivity contribution is 7.85. The van der Waals surface area contributed by atoms with Gasteiger partial charge in [0.15, 0.2) is 0 Å². The first kappa shape index (κ1) is 15.4. The number of hydrogen-bond acceptors (Lipinski definition) is 3. The molecule has 1 fully saturated rings. The second kappa shape index (κ2) is 6.66. The van der Waals surface area contributed by atoms with Crippen LogP contribution >= 0.6 is 0 Å². The third kappa shape index (κ3) is 4.25. The molecule has 3 N–H and O–H groups in total. The Labute approximate surface area is 123 Å². The van der Waals surface area contributed by atoms with Crippen LogP contribution in [-0.2, 0) is 10.8 Å². The molecule has 0 unspecified atom stereocenters. The fraction of sp³-hybridized carbons (Fsp3) is 0.385. The molecule has 2 rings (SSSR count). The number of rotatable bonds is 3. The molecule has 0 spiro atoms. The third-order valence-electron chi connectivity index (χ3n) is 3.18. The van der Waals surface area contributed by atoms with E-state index in [4.69, 9.17) is 5.11 Å². The summed E-state index contributed by atoms with van der Waals surface area (Å²) in [7, 11) is -0.823. The molecule has 1 aliphatic rings. The Bertz CT molecular complexity index is 584. The van der Waals surface area contributed by atoms with E-state index in [1.54, 1.807) is 0 Å². The van der Waals surface area contributed by atoms with Crippen molar-refractivity contribution in [2.24, 2.45) is 0 Å². The van der Waals surface area contributed by atoms with Crippen LogP contribution in [0.3, 0.4) is 0 Å². The maximum absolute atomic E-state index is 13.5. The summed E-state index contributed by atoms with van der Waals surface area (Å²) in [5.74, 6) is -0.838. The van der Waals surface area contributed by atoms with E-state index in [-0.39, 0.29) is 17.3 Å². The molecule has 21 heavy (non-hydrogen) atoms. The molecule has 0 saturated carbocycles. The van der Waals surface area contributed by atoms with Crippen LogP contribution < -0.4 is 10.6 Å². The summed E-state index contributed by atoms with van der Waals surface area (Å²) in [6.45, 7) is 0. The zero-order chi connectivity index (χ0) is 15.4. The predicted molar refractivity (Wildman–Crippen MR) is 76.4 cm³/mol. The van der Waals surface area contributed by atoms with Crippen molar-refractivity contribution in [3.05, 3.63) is 29.6 Å². The van der Waals surface area contributed by atoms with Crippen LogP contribution in [0.1, 0.15) is 23.2 Å². The Morgan fingerprint density at radius 3 is 2.57 bits per heavy atom. The number of carbonyl (C=O) groups is 2. The van der Waals surface area contributed by atoms with Gasteiger partial charge in [0.1, 0.15) is 5.82 Å². The number of amides is 2. The Hall–Kier alpha value is -1.96. The molecule has 0 aliphatic carbocycles. The third-order valence-corrected chi connectivity index (χ3v) is 4.57. The summed E-state index contributed by atoms with van der Waals surface area (Å²) in [4.78, 5) is 22.6. The number of benzene rings is 1. The predicted octanol–water partition coefficient (Wildman–Crippen LogP) is 1.56. The molecule has 1 heterocycles. The second-order valence-electron chi connectivity index (χ2n) is 4.72. The molecule has 0 atom stereocenters. The van der Waals surface area contributed by atoms with Crippen molar-refractivity contribution in [2.75, 3.05) is 16.8 Å². The zero-order valence-corrected chi connectivity index (χ0v) is 11.9. The van der Waals surface area contributed by atoms with Gasteiger partial charge < -0.3 is 15.7 Å². The van der Waals surface area contributed by atoms with Gasteiger partial charge in [0.25, 0.3) is 0 Å². The average molecular weight is 314 g/mol. The SMILES string of the molecule is O=C(Nc1cc(C(=O)O)ccc1F)NC1CCS(=O)CC1. The van der Waals surface area contributed by atoms with Gasteiger partial charge >= 0.3 is 12.0 Å². The van der Waals surface area contributed by atoms with E-state index in [0.29, 0.717) is 24.3 Å². The molecule has 0 aromatic heterocycles. The lowest BCUT2D eigenvalue weighted by Gasteiger charge is -2.22. The normalized spacial score (nSPS) is 21.6. The van der Waals surface area contributed by atoms with Crippen LogP contribution in [0.2, 0.25) is 0 Å². The summed E-state index contributed by atoms with van der Waals surface area (Å²) < 4.78 is 24.8. The van der Waals surface area contributed by atoms with Gasteiger partial charge in [0, 0.05) is 28.3 Å². The number of halogens is 1. The largest absolute Gasteiger partial charge is 0.478 e. The topological polar surface area (TPSA) is 95.5 Å². The van der Waals surface area contributed by atoms with Gasteiger partial charge in [-0.05, 0) is 31.0 Å². The number of anilines is 1. The Morgan fingerprint density at radius 1 is 1.29 bits per heavy atom. The number of aromatic carboxylic acids is 1. The van der Waals surface area contributed by atoms with Gasteiger partial charge in [0.2, 0.25) is 0 Å². The summed E-state index contributed by atoms with van der Waals surface area (Å²) in [6, 6.07) is 2.47. The maximum atomic E-state index is 13.5. The van der Waals surface area contributed by atoms with Crippen LogP contribution in [0.25, 0.3) is 0 Å². The number of carboxylic acid groups (broad SMARTS) is 1. The highest BCUT2D eigenvalue weighted by Crippen LogP contribution is 2.16. The van der Waals surface area contributed by atoms with Crippen molar-refractivity contribution in [1.82, 2.24) is 5.32 Å². The van der Waals surface area contributed by atoms with E-state index in [9.17, 15) is 18.2 Å². The van der Waals surface area contributed by atoms with Crippen molar-refractivity contribution in [1.29, 1.82) is 0 Å². The fourth-order valence-electron chi connectivity index (χ4n) is 2.04. The lowest BCUT2D eigenvalue weighted by molar-refractivity contribution is 0.0697. The van der Waals surface area contributed by atoms with Crippen LogP contribution in [0.5, 0.6) is 0 Å². The summed E-state index contributed by atoms with van der Waals surface area (Å²) in [6.07, 6.45) is 1.22. The molecule has 0 bridgehead atoms. The molecule has 114 valence electrons. The van der Waals surface area contributed by atoms with Gasteiger partial charge in [-0.3, -0.25) is 4.21 Å². The minimum absolute atomic E-state index is 0.103. The second-order valence-corrected chi connectivity index (χ2v) is 6.42. The summed E-state index contributed by atoms with van der Waals surface area (Å²) in [5.41, 5.74) is -0.299. The van der Waals surface area contributed by atoms with E-state index in [1.807, 2.05) is 0 Å². The van der Waals surface area contributed by atoms with Gasteiger partial charge in [-0.15, -0.1) is 0 Å².